The summed E-state index contributed by atoms with van der Waals surface area (Å²) in [5, 5.41) is 13.6. The summed E-state index contributed by atoms with van der Waals surface area (Å²) in [4.78, 5) is 22.1. The minimum absolute atomic E-state index is 0.0876. The number of carbonyl (C=O) groups is 2. The van der Waals surface area contributed by atoms with Gasteiger partial charge in [-0.05, 0) is 31.0 Å². The number of halogens is 2. The van der Waals surface area contributed by atoms with Crippen LogP contribution < -0.4 is 10.6 Å². The summed E-state index contributed by atoms with van der Waals surface area (Å²) in [6.45, 7) is 1.95. The van der Waals surface area contributed by atoms with Crippen molar-refractivity contribution in [2.75, 3.05) is 11.9 Å². The topological polar surface area (TPSA) is 78.4 Å². The molecule has 0 radical (unpaired) electrons. The van der Waals surface area contributed by atoms with E-state index in [2.05, 4.69) is 26.6 Å². The van der Waals surface area contributed by atoms with E-state index in [9.17, 15) is 14.0 Å². The van der Waals surface area contributed by atoms with Gasteiger partial charge in [0.15, 0.2) is 0 Å². The number of urea groups is 1. The van der Waals surface area contributed by atoms with E-state index in [-0.39, 0.29) is 5.69 Å². The van der Waals surface area contributed by atoms with Crippen LogP contribution in [-0.4, -0.2) is 23.7 Å². The highest BCUT2D eigenvalue weighted by atomic mass is 79.9. The number of carboxylic acids is 1. The average molecular weight is 347 g/mol. The Bertz CT molecular complexity index is 497. The molecule has 0 aliphatic heterocycles. The first-order chi connectivity index (χ1) is 9.40. The molecule has 5 nitrogen and oxygen atoms in total. The number of hydrogen-bond donors (Lipinski definition) is 3. The van der Waals surface area contributed by atoms with Gasteiger partial charge in [-0.15, -0.1) is 0 Å². The predicted molar refractivity (Wildman–Crippen MR) is 77.2 cm³/mol. The van der Waals surface area contributed by atoms with Gasteiger partial charge >= 0.3 is 12.0 Å². The lowest BCUT2D eigenvalue weighted by atomic mass is 10.1. The maximum Gasteiger partial charge on any atom is 0.319 e. The molecular formula is C13H16BrFN2O3. The Morgan fingerprint density at radius 1 is 1.45 bits per heavy atom. The van der Waals surface area contributed by atoms with Crippen molar-refractivity contribution in [3.63, 3.8) is 0 Å². The Kier molecular flexibility index (Phi) is 6.44. The summed E-state index contributed by atoms with van der Waals surface area (Å²) >= 11 is 3.12. The van der Waals surface area contributed by atoms with Crippen molar-refractivity contribution >= 4 is 33.6 Å². The smallest absolute Gasteiger partial charge is 0.319 e. The van der Waals surface area contributed by atoms with Gasteiger partial charge < -0.3 is 15.7 Å². The molecule has 0 aliphatic rings. The number of carbonyl (C=O) groups excluding carboxylic acids is 1. The first-order valence-corrected chi connectivity index (χ1v) is 6.92. The summed E-state index contributed by atoms with van der Waals surface area (Å²) < 4.78 is 14.0. The lowest BCUT2D eigenvalue weighted by Gasteiger charge is -2.09. The highest BCUT2D eigenvalue weighted by Gasteiger charge is 2.10. The SMILES string of the molecule is CC(CCCNC(=O)Nc1ccc(Br)cc1F)C(=O)O. The number of hydrogen-bond acceptors (Lipinski definition) is 2. The zero-order valence-corrected chi connectivity index (χ0v) is 12.5. The van der Waals surface area contributed by atoms with Crippen molar-refractivity contribution in [2.45, 2.75) is 19.8 Å². The Balaban J connectivity index is 2.32. The number of aliphatic carboxylic acids is 1. The Labute approximate surface area is 124 Å². The molecule has 0 saturated carbocycles. The van der Waals surface area contributed by atoms with Crippen LogP contribution in [-0.2, 0) is 4.79 Å². The van der Waals surface area contributed by atoms with Gasteiger partial charge in [0.2, 0.25) is 0 Å². The molecule has 0 fully saturated rings. The van der Waals surface area contributed by atoms with Crippen LogP contribution in [0.1, 0.15) is 19.8 Å². The highest BCUT2D eigenvalue weighted by molar-refractivity contribution is 9.10. The minimum atomic E-state index is -0.855. The van der Waals surface area contributed by atoms with Gasteiger partial charge in [0, 0.05) is 11.0 Å². The number of carboxylic acid groups (broad SMARTS) is 1. The fourth-order valence-electron chi connectivity index (χ4n) is 1.49. The Hall–Kier alpha value is -1.63. The third kappa shape index (κ3) is 5.56. The van der Waals surface area contributed by atoms with Crippen LogP contribution in [0.5, 0.6) is 0 Å². The van der Waals surface area contributed by atoms with Gasteiger partial charge in [-0.1, -0.05) is 22.9 Å². The van der Waals surface area contributed by atoms with Gasteiger partial charge in [0.05, 0.1) is 11.6 Å². The van der Waals surface area contributed by atoms with Crippen LogP contribution in [0.4, 0.5) is 14.9 Å². The average Bonchev–Trinajstić information content (AvgIpc) is 2.37. The van der Waals surface area contributed by atoms with E-state index in [0.29, 0.717) is 23.9 Å². The third-order valence-electron chi connectivity index (χ3n) is 2.70. The molecular weight excluding hydrogens is 331 g/mol. The molecule has 110 valence electrons. The summed E-state index contributed by atoms with van der Waals surface area (Å²) in [6.07, 6.45) is 1.02. The molecule has 0 heterocycles. The molecule has 1 atom stereocenters. The van der Waals surface area contributed by atoms with Crippen molar-refractivity contribution in [3.8, 4) is 0 Å². The van der Waals surface area contributed by atoms with Gasteiger partial charge in [-0.2, -0.15) is 0 Å². The van der Waals surface area contributed by atoms with Crippen molar-refractivity contribution in [2.24, 2.45) is 5.92 Å². The van der Waals surface area contributed by atoms with Crippen molar-refractivity contribution < 1.29 is 19.1 Å². The molecule has 1 rings (SSSR count). The van der Waals surface area contributed by atoms with Gasteiger partial charge in [-0.3, -0.25) is 4.79 Å². The third-order valence-corrected chi connectivity index (χ3v) is 3.19. The summed E-state index contributed by atoms with van der Waals surface area (Å²) in [5.74, 6) is -1.83. The highest BCUT2D eigenvalue weighted by Crippen LogP contribution is 2.19. The fraction of sp³-hybridized carbons (Fsp3) is 0.385. The zero-order chi connectivity index (χ0) is 15.1. The van der Waals surface area contributed by atoms with Gasteiger partial charge in [0.25, 0.3) is 0 Å². The van der Waals surface area contributed by atoms with E-state index in [1.54, 1.807) is 13.0 Å². The number of amides is 2. The van der Waals surface area contributed by atoms with Crippen LogP contribution in [0.3, 0.4) is 0 Å². The maximum absolute atomic E-state index is 13.5. The van der Waals surface area contributed by atoms with Gasteiger partial charge in [0.1, 0.15) is 5.82 Å². The molecule has 0 aliphatic carbocycles. The molecule has 0 spiro atoms. The van der Waals surface area contributed by atoms with E-state index < -0.39 is 23.7 Å². The van der Waals surface area contributed by atoms with Crippen LogP contribution in [0.15, 0.2) is 22.7 Å². The predicted octanol–water partition coefficient (Wildman–Crippen LogP) is 3.21. The zero-order valence-electron chi connectivity index (χ0n) is 11.0. The fourth-order valence-corrected chi connectivity index (χ4v) is 1.82. The van der Waals surface area contributed by atoms with Crippen LogP contribution >= 0.6 is 15.9 Å². The van der Waals surface area contributed by atoms with Gasteiger partial charge in [-0.25, -0.2) is 9.18 Å². The molecule has 20 heavy (non-hydrogen) atoms. The Morgan fingerprint density at radius 2 is 2.15 bits per heavy atom. The normalized spacial score (nSPS) is 11.8. The monoisotopic (exact) mass is 346 g/mol. The molecule has 2 amide bonds. The molecule has 1 aromatic carbocycles. The molecule has 0 saturated heterocycles. The van der Waals surface area contributed by atoms with E-state index in [1.807, 2.05) is 0 Å². The standard InChI is InChI=1S/C13H16BrFN2O3/c1-8(12(18)19)3-2-6-16-13(20)17-11-5-4-9(14)7-10(11)15/h4-5,7-8H,2-3,6H2,1H3,(H,18,19)(H2,16,17,20). The van der Waals surface area contributed by atoms with Crippen molar-refractivity contribution in [3.05, 3.63) is 28.5 Å². The maximum atomic E-state index is 13.5. The van der Waals surface area contributed by atoms with Crippen LogP contribution in [0, 0.1) is 11.7 Å². The largest absolute Gasteiger partial charge is 0.481 e. The molecule has 1 unspecified atom stereocenters. The summed E-state index contributed by atoms with van der Waals surface area (Å²) in [7, 11) is 0. The summed E-state index contributed by atoms with van der Waals surface area (Å²) in [6, 6.07) is 3.80. The van der Waals surface area contributed by atoms with Crippen LogP contribution in [0.25, 0.3) is 0 Å². The molecule has 0 bridgehead atoms. The first kappa shape index (κ1) is 16.4. The second-order valence-electron chi connectivity index (χ2n) is 4.39. The minimum Gasteiger partial charge on any atom is -0.481 e. The quantitative estimate of drug-likeness (QED) is 0.692. The molecule has 3 N–H and O–H groups in total. The summed E-state index contributed by atoms with van der Waals surface area (Å²) in [5.41, 5.74) is 0.0876. The van der Waals surface area contributed by atoms with E-state index in [4.69, 9.17) is 5.11 Å². The van der Waals surface area contributed by atoms with Crippen molar-refractivity contribution in [1.29, 1.82) is 0 Å². The number of benzene rings is 1. The van der Waals surface area contributed by atoms with Crippen LogP contribution in [0.2, 0.25) is 0 Å². The van der Waals surface area contributed by atoms with E-state index in [1.165, 1.54) is 12.1 Å². The number of rotatable bonds is 6. The van der Waals surface area contributed by atoms with E-state index in [0.717, 1.165) is 0 Å². The number of nitrogens with one attached hydrogen (secondary N) is 2. The molecule has 0 aromatic heterocycles. The van der Waals surface area contributed by atoms with Crippen molar-refractivity contribution in [1.82, 2.24) is 5.32 Å². The second kappa shape index (κ2) is 7.84. The lowest BCUT2D eigenvalue weighted by Crippen LogP contribution is -2.30. The first-order valence-electron chi connectivity index (χ1n) is 6.13. The number of anilines is 1. The second-order valence-corrected chi connectivity index (χ2v) is 5.30. The molecule has 1 aromatic rings. The lowest BCUT2D eigenvalue weighted by molar-refractivity contribution is -0.141. The van der Waals surface area contributed by atoms with E-state index >= 15 is 0 Å². The Morgan fingerprint density at radius 3 is 2.75 bits per heavy atom. The molecule has 7 heteroatoms.